The molecule has 0 spiro atoms. The molecule has 1 fully saturated rings. The van der Waals surface area contributed by atoms with Gasteiger partial charge in [0.05, 0.1) is 26.6 Å². The van der Waals surface area contributed by atoms with E-state index in [1.165, 1.54) is 6.07 Å². The van der Waals surface area contributed by atoms with E-state index >= 15 is 0 Å². The number of aromatic nitrogens is 1. The Hall–Kier alpha value is -3.47. The Morgan fingerprint density at radius 2 is 1.80 bits per heavy atom. The van der Waals surface area contributed by atoms with E-state index in [4.69, 9.17) is 9.47 Å². The number of hydrogen-bond donors (Lipinski definition) is 2. The third-order valence-electron chi connectivity index (χ3n) is 6.70. The van der Waals surface area contributed by atoms with Gasteiger partial charge in [0.25, 0.3) is 5.56 Å². The number of nitrogens with zero attached hydrogens (tertiary/aromatic N) is 1. The molecule has 4 rings (SSSR count). The molecule has 0 radical (unpaired) electrons. The van der Waals surface area contributed by atoms with Crippen molar-refractivity contribution < 1.29 is 22.3 Å². The van der Waals surface area contributed by atoms with Crippen LogP contribution in [0, 0.1) is 5.82 Å². The molecule has 1 aromatic heterocycles. The lowest BCUT2D eigenvalue weighted by molar-refractivity contribution is 0.0342. The summed E-state index contributed by atoms with van der Waals surface area (Å²) in [5.74, 6) is 0.126. The number of H-pyrrole nitrogens is 1. The maximum absolute atomic E-state index is 14.1. The normalized spacial score (nSPS) is 14.9. The molecule has 2 aromatic carbocycles. The van der Waals surface area contributed by atoms with Gasteiger partial charge in [-0.05, 0) is 52.4 Å². The van der Waals surface area contributed by atoms with Crippen LogP contribution in [0.4, 0.5) is 10.1 Å². The van der Waals surface area contributed by atoms with Crippen LogP contribution in [0.15, 0.2) is 47.4 Å². The van der Waals surface area contributed by atoms with Crippen molar-refractivity contribution in [1.29, 1.82) is 0 Å². The van der Waals surface area contributed by atoms with Crippen molar-refractivity contribution in [3.05, 3.63) is 81.0 Å². The van der Waals surface area contributed by atoms with E-state index < -0.39 is 15.8 Å². The maximum atomic E-state index is 14.1. The van der Waals surface area contributed by atoms with E-state index in [1.54, 1.807) is 13.2 Å². The van der Waals surface area contributed by atoms with E-state index in [0.29, 0.717) is 36.8 Å². The first-order chi connectivity index (χ1) is 18.8. The Balaban J connectivity index is 1.82. The van der Waals surface area contributed by atoms with Crippen molar-refractivity contribution in [2.45, 2.75) is 32.7 Å². The van der Waals surface area contributed by atoms with Crippen LogP contribution in [0.25, 0.3) is 23.3 Å². The lowest BCUT2D eigenvalue weighted by Gasteiger charge is -2.27. The maximum Gasteiger partial charge on any atom is 0.256 e. The van der Waals surface area contributed by atoms with E-state index in [-0.39, 0.29) is 16.5 Å². The number of hydrogen-bond acceptors (Lipinski definition) is 6. The quantitative estimate of drug-likeness (QED) is 0.376. The molecule has 8 nitrogen and oxygen atoms in total. The Morgan fingerprint density at radius 3 is 2.45 bits per heavy atom. The molecule has 0 atom stereocenters. The summed E-state index contributed by atoms with van der Waals surface area (Å²) in [6.45, 7) is 9.60. The summed E-state index contributed by atoms with van der Waals surface area (Å²) >= 11 is 0. The second-order valence-corrected chi connectivity index (χ2v) is 12.7. The molecule has 2 N–H and O–H groups in total. The molecule has 10 heteroatoms. The van der Waals surface area contributed by atoms with Crippen LogP contribution in [-0.4, -0.2) is 58.0 Å². The molecule has 1 saturated heterocycles. The number of benzene rings is 2. The SMILES string of the molecule is COc1c(C=Cc2ccc(NS(C)(=O)=O)cc2CN2CCOCC2)cc(-c2cc(F)c[nH]c2=O)cc1C(C)(C)C. The van der Waals surface area contributed by atoms with Gasteiger partial charge in [0.2, 0.25) is 10.0 Å². The van der Waals surface area contributed by atoms with Crippen molar-refractivity contribution in [2.24, 2.45) is 0 Å². The van der Waals surface area contributed by atoms with Gasteiger partial charge in [0.15, 0.2) is 0 Å². The fourth-order valence-corrected chi connectivity index (χ4v) is 5.30. The van der Waals surface area contributed by atoms with Crippen LogP contribution >= 0.6 is 0 Å². The first kappa shape index (κ1) is 29.5. The topological polar surface area (TPSA) is 101 Å². The third kappa shape index (κ3) is 7.38. The summed E-state index contributed by atoms with van der Waals surface area (Å²) in [6.07, 6.45) is 6.02. The molecule has 0 amide bonds. The summed E-state index contributed by atoms with van der Waals surface area (Å²) in [7, 11) is -1.83. The zero-order valence-electron chi connectivity index (χ0n) is 23.5. The Kier molecular flexibility index (Phi) is 8.82. The van der Waals surface area contributed by atoms with Gasteiger partial charge in [-0.3, -0.25) is 14.4 Å². The number of morpholine rings is 1. The highest BCUT2D eigenvalue weighted by molar-refractivity contribution is 7.92. The molecular weight excluding hydrogens is 533 g/mol. The number of ether oxygens (including phenoxy) is 2. The van der Waals surface area contributed by atoms with Crippen molar-refractivity contribution in [1.82, 2.24) is 9.88 Å². The number of anilines is 1. The van der Waals surface area contributed by atoms with Crippen LogP contribution < -0.4 is 15.0 Å². The van der Waals surface area contributed by atoms with Crippen LogP contribution in [0.5, 0.6) is 5.75 Å². The average Bonchev–Trinajstić information content (AvgIpc) is 2.88. The Bertz CT molecular complexity index is 1570. The number of methoxy groups -OCH3 is 1. The van der Waals surface area contributed by atoms with Crippen LogP contribution in [0.2, 0.25) is 0 Å². The second-order valence-electron chi connectivity index (χ2n) is 11.0. The zero-order valence-corrected chi connectivity index (χ0v) is 24.3. The van der Waals surface area contributed by atoms with Crippen LogP contribution in [0.3, 0.4) is 0 Å². The lowest BCUT2D eigenvalue weighted by Crippen LogP contribution is -2.35. The number of rotatable bonds is 8. The summed E-state index contributed by atoms with van der Waals surface area (Å²) in [5, 5.41) is 0. The highest BCUT2D eigenvalue weighted by Gasteiger charge is 2.23. The standard InChI is InChI=1S/C30H36FN3O5S/c1-30(2,3)27-16-22(26-17-24(31)18-32-29(26)35)14-21(28(27)38-4)7-6-20-8-9-25(33-40(5,36)37)15-23(20)19-34-10-12-39-13-11-34/h6-9,14-18,33H,10-13,19H2,1-5H3,(H,32,35). The van der Waals surface area contributed by atoms with Crippen molar-refractivity contribution in [3.63, 3.8) is 0 Å². The zero-order chi connectivity index (χ0) is 29.1. The number of halogens is 1. The molecule has 40 heavy (non-hydrogen) atoms. The average molecular weight is 570 g/mol. The van der Waals surface area contributed by atoms with Gasteiger partial charge in [0.1, 0.15) is 11.6 Å². The van der Waals surface area contributed by atoms with Crippen molar-refractivity contribution in [3.8, 4) is 16.9 Å². The molecule has 0 bridgehead atoms. The molecule has 1 aliphatic rings. The minimum absolute atomic E-state index is 0.229. The first-order valence-electron chi connectivity index (χ1n) is 13.0. The van der Waals surface area contributed by atoms with E-state index in [2.05, 4.69) is 14.6 Å². The lowest BCUT2D eigenvalue weighted by atomic mass is 9.83. The van der Waals surface area contributed by atoms with Gasteiger partial charge in [-0.15, -0.1) is 0 Å². The minimum Gasteiger partial charge on any atom is -0.496 e. The molecule has 2 heterocycles. The monoisotopic (exact) mass is 569 g/mol. The summed E-state index contributed by atoms with van der Waals surface area (Å²) < 4.78 is 51.7. The smallest absolute Gasteiger partial charge is 0.256 e. The molecule has 0 unspecified atom stereocenters. The first-order valence-corrected chi connectivity index (χ1v) is 14.9. The molecule has 1 aliphatic heterocycles. The van der Waals surface area contributed by atoms with E-state index in [1.807, 2.05) is 57.2 Å². The number of sulfonamides is 1. The van der Waals surface area contributed by atoms with Crippen molar-refractivity contribution in [2.75, 3.05) is 44.4 Å². The van der Waals surface area contributed by atoms with Crippen molar-refractivity contribution >= 4 is 27.9 Å². The predicted molar refractivity (Wildman–Crippen MR) is 158 cm³/mol. The third-order valence-corrected chi connectivity index (χ3v) is 7.30. The van der Waals surface area contributed by atoms with Gasteiger partial charge < -0.3 is 14.5 Å². The van der Waals surface area contributed by atoms with Crippen LogP contribution in [-0.2, 0) is 26.7 Å². The summed E-state index contributed by atoms with van der Waals surface area (Å²) in [5.41, 5.74) is 4.02. The Morgan fingerprint density at radius 1 is 1.10 bits per heavy atom. The molecule has 214 valence electrons. The summed E-state index contributed by atoms with van der Waals surface area (Å²) in [6, 6.07) is 10.4. The van der Waals surface area contributed by atoms with Gasteiger partial charge in [-0.1, -0.05) is 39.0 Å². The van der Waals surface area contributed by atoms with E-state index in [0.717, 1.165) is 47.8 Å². The fourth-order valence-electron chi connectivity index (χ4n) is 4.75. The number of pyridine rings is 1. The molecular formula is C30H36FN3O5S. The van der Waals surface area contributed by atoms with Gasteiger partial charge >= 0.3 is 0 Å². The van der Waals surface area contributed by atoms with Gasteiger partial charge in [-0.25, -0.2) is 12.8 Å². The molecule has 3 aromatic rings. The predicted octanol–water partition coefficient (Wildman–Crippen LogP) is 4.86. The van der Waals surface area contributed by atoms with E-state index in [9.17, 15) is 17.6 Å². The number of nitrogens with one attached hydrogen (secondary N) is 2. The second kappa shape index (κ2) is 12.0. The highest BCUT2D eigenvalue weighted by Crippen LogP contribution is 2.38. The minimum atomic E-state index is -3.43. The van der Waals surface area contributed by atoms with Crippen LogP contribution in [0.1, 0.15) is 43.0 Å². The fraction of sp³-hybridized carbons (Fsp3) is 0.367. The largest absolute Gasteiger partial charge is 0.496 e. The number of aromatic amines is 1. The molecule has 0 aliphatic carbocycles. The highest BCUT2D eigenvalue weighted by atomic mass is 32.2. The summed E-state index contributed by atoms with van der Waals surface area (Å²) in [4.78, 5) is 17.3. The Labute approximate surface area is 234 Å². The van der Waals surface area contributed by atoms with Gasteiger partial charge in [0, 0.05) is 48.2 Å². The molecule has 0 saturated carbocycles. The van der Waals surface area contributed by atoms with Gasteiger partial charge in [-0.2, -0.15) is 0 Å².